The predicted molar refractivity (Wildman–Crippen MR) is 145 cm³/mol. The maximum atomic E-state index is 14.4. The van der Waals surface area contributed by atoms with E-state index in [4.69, 9.17) is 27.9 Å². The van der Waals surface area contributed by atoms with Crippen molar-refractivity contribution in [3.05, 3.63) is 94.4 Å². The van der Waals surface area contributed by atoms with Crippen LogP contribution in [-0.2, 0) is 26.9 Å². The average Bonchev–Trinajstić information content (AvgIpc) is 2.90. The molecule has 3 aliphatic rings. The van der Waals surface area contributed by atoms with Crippen molar-refractivity contribution < 1.29 is 36.7 Å². The highest BCUT2D eigenvalue weighted by Gasteiger charge is 2.74. The lowest BCUT2D eigenvalue weighted by Gasteiger charge is -2.70. The second kappa shape index (κ2) is 11.2. The van der Waals surface area contributed by atoms with Crippen molar-refractivity contribution in [2.24, 2.45) is 5.41 Å². The predicted octanol–water partition coefficient (Wildman–Crippen LogP) is 5.95. The normalized spacial score (nSPS) is 22.1. The van der Waals surface area contributed by atoms with Gasteiger partial charge in [-0.25, -0.2) is 14.2 Å². The maximum Gasteiger partial charge on any atom is 0.416 e. The van der Waals surface area contributed by atoms with Crippen molar-refractivity contribution in [1.29, 1.82) is 0 Å². The molecule has 42 heavy (non-hydrogen) atoms. The number of anilines is 1. The van der Waals surface area contributed by atoms with Crippen LogP contribution < -0.4 is 10.6 Å². The highest BCUT2D eigenvalue weighted by atomic mass is 35.5. The molecule has 3 aliphatic carbocycles. The summed E-state index contributed by atoms with van der Waals surface area (Å²) in [6, 6.07) is 12.4. The zero-order valence-corrected chi connectivity index (χ0v) is 23.2. The molecule has 1 aromatic heterocycles. The summed E-state index contributed by atoms with van der Waals surface area (Å²) in [5, 5.41) is 3.78. The van der Waals surface area contributed by atoms with Crippen molar-refractivity contribution in [1.82, 2.24) is 10.3 Å². The van der Waals surface area contributed by atoms with E-state index in [1.165, 1.54) is 12.1 Å². The molecule has 2 amide bonds. The molecule has 220 valence electrons. The largest absolute Gasteiger partial charge is 0.455 e. The van der Waals surface area contributed by atoms with Crippen LogP contribution in [0, 0.1) is 11.2 Å². The molecule has 2 aromatic carbocycles. The van der Waals surface area contributed by atoms with Crippen molar-refractivity contribution in [3.63, 3.8) is 0 Å². The molecular weight excluding hydrogens is 601 g/mol. The summed E-state index contributed by atoms with van der Waals surface area (Å²) in [5.41, 5.74) is -1.70. The quantitative estimate of drug-likeness (QED) is 0.174. The van der Waals surface area contributed by atoms with Gasteiger partial charge in [0.25, 0.3) is 0 Å². The van der Waals surface area contributed by atoms with Gasteiger partial charge in [-0.1, -0.05) is 41.9 Å². The molecule has 2 N–H and O–H groups in total. The van der Waals surface area contributed by atoms with Crippen LogP contribution in [0.4, 0.5) is 23.4 Å². The number of rotatable bonds is 9. The molecule has 2 unspecified atom stereocenters. The van der Waals surface area contributed by atoms with E-state index < -0.39 is 63.6 Å². The van der Waals surface area contributed by atoms with Gasteiger partial charge in [-0.15, -0.1) is 11.6 Å². The Morgan fingerprint density at radius 2 is 1.64 bits per heavy atom. The molecule has 0 aliphatic heterocycles. The average molecular weight is 624 g/mol. The van der Waals surface area contributed by atoms with Crippen LogP contribution >= 0.6 is 23.2 Å². The minimum absolute atomic E-state index is 0.0187. The van der Waals surface area contributed by atoms with Gasteiger partial charge in [-0.05, 0) is 61.6 Å². The van der Waals surface area contributed by atoms with Crippen LogP contribution in [-0.4, -0.2) is 39.8 Å². The van der Waals surface area contributed by atoms with E-state index in [9.17, 15) is 31.9 Å². The van der Waals surface area contributed by atoms with Gasteiger partial charge in [-0.3, -0.25) is 9.59 Å². The van der Waals surface area contributed by atoms with Crippen molar-refractivity contribution in [2.75, 3.05) is 5.32 Å². The zero-order valence-electron chi connectivity index (χ0n) is 21.7. The van der Waals surface area contributed by atoms with E-state index in [-0.39, 0.29) is 30.7 Å². The first kappa shape index (κ1) is 29.8. The molecule has 1 heterocycles. The fourth-order valence-corrected chi connectivity index (χ4v) is 5.95. The molecule has 0 spiro atoms. The summed E-state index contributed by atoms with van der Waals surface area (Å²) >= 11 is 12.1. The molecule has 3 saturated carbocycles. The molecule has 0 saturated heterocycles. The number of hydrogen-bond acceptors (Lipinski definition) is 5. The van der Waals surface area contributed by atoms with Gasteiger partial charge >= 0.3 is 12.1 Å². The van der Waals surface area contributed by atoms with E-state index in [2.05, 4.69) is 15.6 Å². The summed E-state index contributed by atoms with van der Waals surface area (Å²) in [6.45, 7) is 0. The molecule has 0 radical (unpaired) electrons. The first-order chi connectivity index (χ1) is 19.8. The number of pyridine rings is 1. The molecule has 2 atom stereocenters. The molecule has 6 rings (SSSR count). The summed E-state index contributed by atoms with van der Waals surface area (Å²) in [5.74, 6) is -3.31. The standard InChI is InChI=1S/C29H23Cl2F4N3O4/c30-19-11-21(32)23(36-12-19)38-25(40)22(27-13-28(14-27,15-27)42-26(41)17-4-2-1-3-5-17)37-24(39)20(31)10-16-6-8-18(9-7-16)29(33,34)35/h1-9,11-12,20,22H,10,13-15H2,(H,37,39)(H,36,38,40). The Bertz CT molecular complexity index is 1500. The van der Waals surface area contributed by atoms with Crippen molar-refractivity contribution in [3.8, 4) is 0 Å². The molecule has 13 heteroatoms. The number of hydrogen-bond donors (Lipinski definition) is 2. The second-order valence-corrected chi connectivity index (χ2v) is 11.6. The fraction of sp³-hybridized carbons (Fsp3) is 0.310. The third kappa shape index (κ3) is 6.07. The minimum atomic E-state index is -4.51. The lowest BCUT2D eigenvalue weighted by Crippen LogP contribution is -2.77. The van der Waals surface area contributed by atoms with E-state index in [0.717, 1.165) is 24.4 Å². The van der Waals surface area contributed by atoms with E-state index >= 15 is 0 Å². The molecule has 3 aromatic rings. The van der Waals surface area contributed by atoms with Gasteiger partial charge < -0.3 is 15.4 Å². The van der Waals surface area contributed by atoms with E-state index in [0.29, 0.717) is 11.1 Å². The number of carbonyl (C=O) groups is 3. The van der Waals surface area contributed by atoms with Crippen LogP contribution in [0.25, 0.3) is 0 Å². The van der Waals surface area contributed by atoms with Crippen LogP contribution in [0.15, 0.2) is 66.9 Å². The smallest absolute Gasteiger partial charge is 0.416 e. The van der Waals surface area contributed by atoms with Gasteiger partial charge in [0.05, 0.1) is 16.1 Å². The lowest BCUT2D eigenvalue weighted by atomic mass is 9.38. The first-order valence-electron chi connectivity index (χ1n) is 12.8. The van der Waals surface area contributed by atoms with Gasteiger partial charge in [0.2, 0.25) is 11.8 Å². The summed E-state index contributed by atoms with van der Waals surface area (Å²) in [6.07, 6.45) is -2.69. The number of carbonyl (C=O) groups excluding carboxylic acids is 3. The molecular formula is C29H23Cl2F4N3O4. The highest BCUT2D eigenvalue weighted by molar-refractivity contribution is 6.31. The lowest BCUT2D eigenvalue weighted by molar-refractivity contribution is -0.266. The number of nitrogens with one attached hydrogen (secondary N) is 2. The minimum Gasteiger partial charge on any atom is -0.455 e. The van der Waals surface area contributed by atoms with Crippen LogP contribution in [0.3, 0.4) is 0 Å². The SMILES string of the molecule is O=C(OC12CC(C(NC(=O)C(Cl)Cc3ccc(C(F)(F)F)cc3)C(=O)Nc3ncc(Cl)cc3F)(C1)C2)c1ccccc1. The Labute approximate surface area is 247 Å². The monoisotopic (exact) mass is 623 g/mol. The second-order valence-electron chi connectivity index (χ2n) is 10.6. The third-order valence-electron chi connectivity index (χ3n) is 7.53. The Hall–Kier alpha value is -3.70. The van der Waals surface area contributed by atoms with Gasteiger partial charge in [0.15, 0.2) is 11.6 Å². The number of aromatic nitrogens is 1. The fourth-order valence-electron chi connectivity index (χ4n) is 5.57. The zero-order chi connectivity index (χ0) is 30.3. The number of alkyl halides is 4. The van der Waals surface area contributed by atoms with Crippen LogP contribution in [0.1, 0.15) is 40.7 Å². The Morgan fingerprint density at radius 3 is 2.24 bits per heavy atom. The number of benzene rings is 2. The van der Waals surface area contributed by atoms with Gasteiger partial charge in [0, 0.05) is 11.6 Å². The van der Waals surface area contributed by atoms with Gasteiger partial charge in [-0.2, -0.15) is 13.2 Å². The first-order valence-corrected chi connectivity index (χ1v) is 13.6. The number of ether oxygens (including phenoxy) is 1. The maximum absolute atomic E-state index is 14.4. The molecule has 7 nitrogen and oxygen atoms in total. The van der Waals surface area contributed by atoms with Crippen LogP contribution in [0.5, 0.6) is 0 Å². The Balaban J connectivity index is 1.29. The summed E-state index contributed by atoms with van der Waals surface area (Å²) in [7, 11) is 0. The Morgan fingerprint density at radius 1 is 1.00 bits per heavy atom. The van der Waals surface area contributed by atoms with E-state index in [1.807, 2.05) is 0 Å². The van der Waals surface area contributed by atoms with Gasteiger partial charge in [0.1, 0.15) is 17.0 Å². The topological polar surface area (TPSA) is 97.4 Å². The van der Waals surface area contributed by atoms with Crippen molar-refractivity contribution in [2.45, 2.75) is 48.9 Å². The summed E-state index contributed by atoms with van der Waals surface area (Å²) < 4.78 is 58.7. The molecule has 3 fully saturated rings. The number of amides is 2. The highest BCUT2D eigenvalue weighted by Crippen LogP contribution is 2.71. The number of halogens is 6. The van der Waals surface area contributed by atoms with E-state index in [1.54, 1.807) is 30.3 Å². The number of esters is 1. The summed E-state index contributed by atoms with van der Waals surface area (Å²) in [4.78, 5) is 42.9. The third-order valence-corrected chi connectivity index (χ3v) is 8.09. The van der Waals surface area contributed by atoms with Crippen molar-refractivity contribution >= 4 is 46.8 Å². The Kier molecular flexibility index (Phi) is 7.93. The number of nitrogens with zero attached hydrogens (tertiary/aromatic N) is 1. The van der Waals surface area contributed by atoms with Crippen LogP contribution in [0.2, 0.25) is 5.02 Å². The molecule has 2 bridgehead atoms.